The number of hydrogen-bond donors (Lipinski definition) is 0. The molecule has 1 unspecified atom stereocenters. The lowest BCUT2D eigenvalue weighted by Gasteiger charge is -2.46. The maximum Gasteiger partial charge on any atom is 0.243 e. The van der Waals surface area contributed by atoms with Crippen LogP contribution in [0.15, 0.2) is 12.5 Å². The molecule has 0 aromatic carbocycles. The van der Waals surface area contributed by atoms with Gasteiger partial charge in [-0.15, -0.1) is 0 Å². The average molecular weight is 334 g/mol. The van der Waals surface area contributed by atoms with Crippen LogP contribution in [0.2, 0.25) is 0 Å². The van der Waals surface area contributed by atoms with Gasteiger partial charge in [-0.2, -0.15) is 0 Å². The molecule has 6 heteroatoms. The molecule has 1 atom stereocenters. The second-order valence-corrected chi connectivity index (χ2v) is 7.32. The number of imidazole rings is 1. The van der Waals surface area contributed by atoms with Crippen LogP contribution in [-0.4, -0.2) is 63.6 Å². The highest BCUT2D eigenvalue weighted by atomic mass is 16.5. The number of rotatable bonds is 6. The van der Waals surface area contributed by atoms with Gasteiger partial charge in [-0.3, -0.25) is 9.69 Å². The van der Waals surface area contributed by atoms with Gasteiger partial charge in [0.15, 0.2) is 0 Å². The van der Waals surface area contributed by atoms with E-state index in [1.807, 2.05) is 12.5 Å². The lowest BCUT2D eigenvalue weighted by molar-refractivity contribution is -0.149. The van der Waals surface area contributed by atoms with E-state index in [1.165, 1.54) is 5.69 Å². The number of methoxy groups -OCH3 is 1. The molecule has 134 valence electrons. The maximum atomic E-state index is 13.2. The highest BCUT2D eigenvalue weighted by Crippen LogP contribution is 2.39. The van der Waals surface area contributed by atoms with Gasteiger partial charge in [0, 0.05) is 39.0 Å². The number of carbonyl (C=O) groups is 1. The summed E-state index contributed by atoms with van der Waals surface area (Å²) >= 11 is 0. The SMILES string of the molecule is COCCn1cncc1CN1CCCC12CCCN(C(C)C)C2=O. The Bertz CT molecular complexity index is 571. The van der Waals surface area contributed by atoms with E-state index in [4.69, 9.17) is 4.74 Å². The van der Waals surface area contributed by atoms with E-state index < -0.39 is 0 Å². The first-order valence-electron chi connectivity index (χ1n) is 9.12. The first kappa shape index (κ1) is 17.4. The van der Waals surface area contributed by atoms with Crippen molar-refractivity contribution < 1.29 is 9.53 Å². The number of piperidine rings is 1. The third kappa shape index (κ3) is 3.09. The van der Waals surface area contributed by atoms with E-state index in [1.54, 1.807) is 7.11 Å². The van der Waals surface area contributed by atoms with Crippen LogP contribution in [0, 0.1) is 0 Å². The molecular formula is C18H30N4O2. The Kier molecular flexibility index (Phi) is 5.25. The maximum absolute atomic E-state index is 13.2. The van der Waals surface area contributed by atoms with Gasteiger partial charge in [0.2, 0.25) is 5.91 Å². The van der Waals surface area contributed by atoms with Crippen molar-refractivity contribution in [1.29, 1.82) is 0 Å². The van der Waals surface area contributed by atoms with Gasteiger partial charge in [-0.25, -0.2) is 4.98 Å². The summed E-state index contributed by atoms with van der Waals surface area (Å²) in [4.78, 5) is 22.0. The van der Waals surface area contributed by atoms with Crippen molar-refractivity contribution in [3.8, 4) is 0 Å². The zero-order chi connectivity index (χ0) is 17.2. The quantitative estimate of drug-likeness (QED) is 0.797. The summed E-state index contributed by atoms with van der Waals surface area (Å²) in [6.45, 7) is 8.41. The topological polar surface area (TPSA) is 50.6 Å². The van der Waals surface area contributed by atoms with Gasteiger partial charge in [0.25, 0.3) is 0 Å². The molecule has 0 N–H and O–H groups in total. The number of nitrogens with zero attached hydrogens (tertiary/aromatic N) is 4. The molecule has 1 aromatic rings. The number of ether oxygens (including phenoxy) is 1. The zero-order valence-electron chi connectivity index (χ0n) is 15.2. The van der Waals surface area contributed by atoms with Crippen LogP contribution in [0.5, 0.6) is 0 Å². The van der Waals surface area contributed by atoms with Crippen molar-refractivity contribution in [2.24, 2.45) is 0 Å². The fraction of sp³-hybridized carbons (Fsp3) is 0.778. The van der Waals surface area contributed by atoms with E-state index in [2.05, 4.69) is 33.2 Å². The molecule has 6 nitrogen and oxygen atoms in total. The van der Waals surface area contributed by atoms with Gasteiger partial charge in [0.1, 0.15) is 5.54 Å². The summed E-state index contributed by atoms with van der Waals surface area (Å²) in [5.74, 6) is 0.337. The molecule has 1 aromatic heterocycles. The number of amides is 1. The highest BCUT2D eigenvalue weighted by molar-refractivity contribution is 5.87. The summed E-state index contributed by atoms with van der Waals surface area (Å²) < 4.78 is 7.33. The summed E-state index contributed by atoms with van der Waals surface area (Å²) in [5, 5.41) is 0. The van der Waals surface area contributed by atoms with Crippen LogP contribution in [0.25, 0.3) is 0 Å². The fourth-order valence-corrected chi connectivity index (χ4v) is 4.27. The Labute approximate surface area is 144 Å². The van der Waals surface area contributed by atoms with Crippen LogP contribution in [0.4, 0.5) is 0 Å². The van der Waals surface area contributed by atoms with E-state index in [-0.39, 0.29) is 11.6 Å². The Hall–Kier alpha value is -1.40. The van der Waals surface area contributed by atoms with Crippen molar-refractivity contribution in [1.82, 2.24) is 19.4 Å². The molecule has 2 aliphatic rings. The Morgan fingerprint density at radius 2 is 2.04 bits per heavy atom. The molecule has 1 spiro atoms. The standard InChI is InChI=1S/C18H30N4O2/c1-15(2)22-9-5-7-18(17(22)23)6-4-8-21(18)13-16-12-19-14-20(16)10-11-24-3/h12,14-15H,4-11,13H2,1-3H3. The van der Waals surface area contributed by atoms with Gasteiger partial charge in [-0.05, 0) is 46.1 Å². The molecule has 0 saturated carbocycles. The third-order valence-corrected chi connectivity index (χ3v) is 5.58. The van der Waals surface area contributed by atoms with E-state index in [0.29, 0.717) is 12.5 Å². The second-order valence-electron chi connectivity index (χ2n) is 7.32. The third-order valence-electron chi connectivity index (χ3n) is 5.58. The molecule has 0 aliphatic carbocycles. The number of hydrogen-bond acceptors (Lipinski definition) is 4. The highest BCUT2D eigenvalue weighted by Gasteiger charge is 2.51. The minimum absolute atomic E-state index is 0.282. The molecule has 3 rings (SSSR count). The number of aromatic nitrogens is 2. The second kappa shape index (κ2) is 7.23. The van der Waals surface area contributed by atoms with Crippen molar-refractivity contribution in [2.75, 3.05) is 26.8 Å². The molecule has 24 heavy (non-hydrogen) atoms. The fourth-order valence-electron chi connectivity index (χ4n) is 4.27. The van der Waals surface area contributed by atoms with E-state index in [9.17, 15) is 4.79 Å². The molecule has 2 aliphatic heterocycles. The van der Waals surface area contributed by atoms with E-state index in [0.717, 1.165) is 51.9 Å². The van der Waals surface area contributed by atoms with E-state index >= 15 is 0 Å². The lowest BCUT2D eigenvalue weighted by Crippen LogP contribution is -2.61. The van der Waals surface area contributed by atoms with Crippen LogP contribution >= 0.6 is 0 Å². The minimum atomic E-state index is -0.293. The summed E-state index contributed by atoms with van der Waals surface area (Å²) in [7, 11) is 1.72. The predicted molar refractivity (Wildman–Crippen MR) is 92.6 cm³/mol. The number of carbonyl (C=O) groups excluding carboxylic acids is 1. The van der Waals surface area contributed by atoms with Gasteiger partial charge < -0.3 is 14.2 Å². The molecule has 2 saturated heterocycles. The summed E-state index contributed by atoms with van der Waals surface area (Å²) in [6.07, 6.45) is 7.96. The normalized spacial score (nSPS) is 25.3. The molecule has 0 bridgehead atoms. The monoisotopic (exact) mass is 334 g/mol. The Morgan fingerprint density at radius 3 is 2.75 bits per heavy atom. The number of likely N-dealkylation sites (tertiary alicyclic amines) is 2. The van der Waals surface area contributed by atoms with Crippen LogP contribution < -0.4 is 0 Å². The zero-order valence-corrected chi connectivity index (χ0v) is 15.2. The van der Waals surface area contributed by atoms with Crippen LogP contribution in [0.3, 0.4) is 0 Å². The van der Waals surface area contributed by atoms with Gasteiger partial charge in [0.05, 0.1) is 18.6 Å². The first-order valence-corrected chi connectivity index (χ1v) is 9.12. The molecular weight excluding hydrogens is 304 g/mol. The van der Waals surface area contributed by atoms with Crippen molar-refractivity contribution in [2.45, 2.75) is 64.2 Å². The molecule has 3 heterocycles. The summed E-state index contributed by atoms with van der Waals surface area (Å²) in [6, 6.07) is 0.282. The minimum Gasteiger partial charge on any atom is -0.383 e. The van der Waals surface area contributed by atoms with Crippen LogP contribution in [-0.2, 0) is 22.6 Å². The van der Waals surface area contributed by atoms with Gasteiger partial charge in [-0.1, -0.05) is 0 Å². The van der Waals surface area contributed by atoms with Crippen LogP contribution in [0.1, 0.15) is 45.2 Å². The van der Waals surface area contributed by atoms with Crippen molar-refractivity contribution in [3.63, 3.8) is 0 Å². The largest absolute Gasteiger partial charge is 0.383 e. The Morgan fingerprint density at radius 1 is 1.29 bits per heavy atom. The van der Waals surface area contributed by atoms with Crippen molar-refractivity contribution in [3.05, 3.63) is 18.2 Å². The molecule has 1 amide bonds. The molecule has 0 radical (unpaired) electrons. The first-order chi connectivity index (χ1) is 11.6. The lowest BCUT2D eigenvalue weighted by atomic mass is 9.84. The predicted octanol–water partition coefficient (Wildman–Crippen LogP) is 1.89. The van der Waals surface area contributed by atoms with Gasteiger partial charge >= 0.3 is 0 Å². The Balaban J connectivity index is 1.78. The molecule has 2 fully saturated rings. The smallest absolute Gasteiger partial charge is 0.243 e. The summed E-state index contributed by atoms with van der Waals surface area (Å²) in [5.41, 5.74) is 0.876. The van der Waals surface area contributed by atoms with Crippen molar-refractivity contribution >= 4 is 5.91 Å². The average Bonchev–Trinajstić information content (AvgIpc) is 3.16.